The molecule has 0 aromatic heterocycles. The fourth-order valence-electron chi connectivity index (χ4n) is 4.10. The molecule has 3 aliphatic rings. The minimum atomic E-state index is -1.55. The summed E-state index contributed by atoms with van der Waals surface area (Å²) in [4.78, 5) is 0. The summed E-state index contributed by atoms with van der Waals surface area (Å²) in [5, 5.41) is 70.1. The van der Waals surface area contributed by atoms with Crippen LogP contribution in [0.5, 0.6) is 0 Å². The Balaban J connectivity index is 1.78. The van der Waals surface area contributed by atoms with Crippen LogP contribution >= 0.6 is 0 Å². The number of aliphatic hydroxyl groups is 7. The largest absolute Gasteiger partial charge is 0.394 e. The van der Waals surface area contributed by atoms with Crippen molar-refractivity contribution < 1.29 is 54.7 Å². The molecule has 0 spiro atoms. The maximum atomic E-state index is 10.5. The van der Waals surface area contributed by atoms with Gasteiger partial charge in [-0.15, -0.1) is 0 Å². The van der Waals surface area contributed by atoms with Crippen molar-refractivity contribution in [3.8, 4) is 0 Å². The Morgan fingerprint density at radius 1 is 0.742 bits per heavy atom. The van der Waals surface area contributed by atoms with E-state index in [4.69, 9.17) is 36.1 Å². The molecule has 14 heteroatoms. The molecule has 0 amide bonds. The highest BCUT2D eigenvalue weighted by atomic mass is 16.7. The molecule has 3 fully saturated rings. The summed E-state index contributed by atoms with van der Waals surface area (Å²) in [7, 11) is 0. The SMILES string of the molecule is NC[C@@H]1O[C@H](O[C@H]2[C@@H](O[C@@H]3O[C@H](CO)[C@H](O)[C@H]3O)[C@H](O)[C@H](O)C[C@@H]2N)[C@H](N)[C@@H](O)[C@@H]1O. The summed E-state index contributed by atoms with van der Waals surface area (Å²) < 4.78 is 22.3. The molecule has 1 saturated carbocycles. The third-order valence-corrected chi connectivity index (χ3v) is 6.05. The van der Waals surface area contributed by atoms with E-state index in [1.807, 2.05) is 0 Å². The van der Waals surface area contributed by atoms with Gasteiger partial charge in [0.2, 0.25) is 0 Å². The van der Waals surface area contributed by atoms with Crippen molar-refractivity contribution in [1.29, 1.82) is 0 Å². The molecule has 2 aliphatic heterocycles. The van der Waals surface area contributed by atoms with Crippen LogP contribution in [0.2, 0.25) is 0 Å². The smallest absolute Gasteiger partial charge is 0.187 e. The van der Waals surface area contributed by atoms with Crippen LogP contribution in [0.15, 0.2) is 0 Å². The van der Waals surface area contributed by atoms with Crippen molar-refractivity contribution in [2.24, 2.45) is 17.2 Å². The highest BCUT2D eigenvalue weighted by molar-refractivity contribution is 5.00. The third kappa shape index (κ3) is 4.87. The quantitative estimate of drug-likeness (QED) is 0.179. The molecule has 0 aromatic carbocycles. The van der Waals surface area contributed by atoms with Crippen LogP contribution in [0.4, 0.5) is 0 Å². The van der Waals surface area contributed by atoms with Crippen LogP contribution in [0.25, 0.3) is 0 Å². The van der Waals surface area contributed by atoms with Crippen molar-refractivity contribution in [2.75, 3.05) is 13.2 Å². The van der Waals surface area contributed by atoms with E-state index in [0.29, 0.717) is 0 Å². The maximum absolute atomic E-state index is 10.5. The van der Waals surface area contributed by atoms with Gasteiger partial charge in [0.15, 0.2) is 12.6 Å². The fourth-order valence-corrected chi connectivity index (χ4v) is 4.10. The van der Waals surface area contributed by atoms with E-state index in [1.54, 1.807) is 0 Å². The Bertz CT molecular complexity index is 590. The van der Waals surface area contributed by atoms with E-state index in [2.05, 4.69) is 0 Å². The van der Waals surface area contributed by atoms with Crippen LogP contribution in [0, 0.1) is 0 Å². The predicted octanol–water partition coefficient (Wildman–Crippen LogP) is -6.62. The normalized spacial score (nSPS) is 53.6. The molecule has 13 N–H and O–H groups in total. The molecule has 3 rings (SSSR count). The van der Waals surface area contributed by atoms with E-state index < -0.39 is 92.3 Å². The molecular formula is C17H33N3O11. The number of nitrogens with two attached hydrogens (primary N) is 3. The zero-order chi connectivity index (χ0) is 23.0. The first-order valence-corrected chi connectivity index (χ1v) is 10.1. The van der Waals surface area contributed by atoms with Crippen molar-refractivity contribution in [2.45, 2.75) is 92.1 Å². The van der Waals surface area contributed by atoms with E-state index in [9.17, 15) is 35.7 Å². The molecule has 0 aromatic rings. The van der Waals surface area contributed by atoms with Gasteiger partial charge in [-0.3, -0.25) is 0 Å². The van der Waals surface area contributed by atoms with Gasteiger partial charge in [-0.1, -0.05) is 0 Å². The number of aliphatic hydroxyl groups excluding tert-OH is 7. The molecule has 14 nitrogen and oxygen atoms in total. The standard InChI is InChI=1S/C17H33N3O11/c18-2-6-10(24)12(26)8(20)16(28-6)30-14-4(19)1-5(22)9(23)15(14)31-17-13(27)11(25)7(3-21)29-17/h4-17,21-27H,1-3,18-20H2/t4-,5+,6-,7+,8+,9+,10+,11-,12+,13+,14+,15-,16+,17-/m0/s1. The van der Waals surface area contributed by atoms with Crippen LogP contribution in [-0.4, -0.2) is 135 Å². The number of rotatable bonds is 6. The molecule has 2 saturated heterocycles. The van der Waals surface area contributed by atoms with E-state index in [0.717, 1.165) is 0 Å². The predicted molar refractivity (Wildman–Crippen MR) is 99.8 cm³/mol. The van der Waals surface area contributed by atoms with Gasteiger partial charge < -0.3 is 71.9 Å². The first-order valence-electron chi connectivity index (χ1n) is 10.1. The van der Waals surface area contributed by atoms with Gasteiger partial charge in [0.25, 0.3) is 0 Å². The molecule has 0 radical (unpaired) electrons. The van der Waals surface area contributed by atoms with Gasteiger partial charge in [-0.25, -0.2) is 0 Å². The summed E-state index contributed by atoms with van der Waals surface area (Å²) in [6.45, 7) is -0.718. The van der Waals surface area contributed by atoms with Crippen molar-refractivity contribution in [3.63, 3.8) is 0 Å². The Morgan fingerprint density at radius 3 is 1.90 bits per heavy atom. The zero-order valence-corrected chi connectivity index (χ0v) is 16.7. The lowest BCUT2D eigenvalue weighted by Crippen LogP contribution is -2.67. The van der Waals surface area contributed by atoms with Crippen LogP contribution < -0.4 is 17.2 Å². The Morgan fingerprint density at radius 2 is 1.32 bits per heavy atom. The van der Waals surface area contributed by atoms with Crippen LogP contribution in [0.3, 0.4) is 0 Å². The van der Waals surface area contributed by atoms with E-state index in [-0.39, 0.29) is 13.0 Å². The second-order valence-electron chi connectivity index (χ2n) is 8.20. The van der Waals surface area contributed by atoms with Crippen LogP contribution in [-0.2, 0) is 18.9 Å². The average molecular weight is 455 g/mol. The Hall–Kier alpha value is -0.560. The maximum Gasteiger partial charge on any atom is 0.187 e. The van der Waals surface area contributed by atoms with Crippen LogP contribution in [0.1, 0.15) is 6.42 Å². The third-order valence-electron chi connectivity index (χ3n) is 6.05. The summed E-state index contributed by atoms with van der Waals surface area (Å²) in [6, 6.07) is -2.08. The first-order chi connectivity index (χ1) is 14.6. The first kappa shape index (κ1) is 25.1. The second-order valence-corrected chi connectivity index (χ2v) is 8.20. The lowest BCUT2D eigenvalue weighted by Gasteiger charge is -2.47. The molecule has 31 heavy (non-hydrogen) atoms. The minimum absolute atomic E-state index is 0.0743. The lowest BCUT2D eigenvalue weighted by molar-refractivity contribution is -0.311. The van der Waals surface area contributed by atoms with Gasteiger partial charge in [0.05, 0.1) is 18.8 Å². The summed E-state index contributed by atoms with van der Waals surface area (Å²) in [5.41, 5.74) is 17.6. The zero-order valence-electron chi connectivity index (χ0n) is 16.7. The molecule has 0 bridgehead atoms. The average Bonchev–Trinajstić information content (AvgIpc) is 3.02. The van der Waals surface area contributed by atoms with Gasteiger partial charge in [0, 0.05) is 12.6 Å². The van der Waals surface area contributed by atoms with Gasteiger partial charge in [-0.2, -0.15) is 0 Å². The van der Waals surface area contributed by atoms with Crippen molar-refractivity contribution >= 4 is 0 Å². The van der Waals surface area contributed by atoms with Gasteiger partial charge in [-0.05, 0) is 6.42 Å². The summed E-state index contributed by atoms with van der Waals surface area (Å²) in [6.07, 6.45) is -16.0. The monoisotopic (exact) mass is 455 g/mol. The fraction of sp³-hybridized carbons (Fsp3) is 1.00. The highest BCUT2D eigenvalue weighted by Gasteiger charge is 2.52. The second kappa shape index (κ2) is 10.1. The Labute approximate surface area is 178 Å². The molecular weight excluding hydrogens is 422 g/mol. The summed E-state index contributed by atoms with van der Waals surface area (Å²) in [5.74, 6) is 0. The molecule has 0 unspecified atom stereocenters. The van der Waals surface area contributed by atoms with Crippen molar-refractivity contribution in [3.05, 3.63) is 0 Å². The molecule has 1 aliphatic carbocycles. The summed E-state index contributed by atoms with van der Waals surface area (Å²) >= 11 is 0. The number of hydrogen-bond acceptors (Lipinski definition) is 14. The highest BCUT2D eigenvalue weighted by Crippen LogP contribution is 2.32. The number of hydrogen-bond donors (Lipinski definition) is 10. The number of ether oxygens (including phenoxy) is 4. The van der Waals surface area contributed by atoms with E-state index in [1.165, 1.54) is 0 Å². The molecule has 2 heterocycles. The topological polar surface area (TPSA) is 257 Å². The minimum Gasteiger partial charge on any atom is -0.394 e. The van der Waals surface area contributed by atoms with E-state index >= 15 is 0 Å². The molecule has 182 valence electrons. The van der Waals surface area contributed by atoms with Gasteiger partial charge in [0.1, 0.15) is 54.9 Å². The lowest BCUT2D eigenvalue weighted by atomic mass is 9.85. The van der Waals surface area contributed by atoms with Gasteiger partial charge >= 0.3 is 0 Å². The van der Waals surface area contributed by atoms with Crippen molar-refractivity contribution in [1.82, 2.24) is 0 Å². The molecule has 14 atom stereocenters. The Kier molecular flexibility index (Phi) is 8.21.